The first-order valence-corrected chi connectivity index (χ1v) is 9.23. The number of thiol groups is 1. The van der Waals surface area contributed by atoms with Gasteiger partial charge in [0.2, 0.25) is 29.5 Å². The van der Waals surface area contributed by atoms with Crippen LogP contribution in [0, 0.1) is 0 Å². The number of carboxylic acid groups (broad SMARTS) is 1. The second-order valence-corrected chi connectivity index (χ2v) is 6.53. The first-order chi connectivity index (χ1) is 13.9. The van der Waals surface area contributed by atoms with E-state index in [4.69, 9.17) is 27.4 Å². The van der Waals surface area contributed by atoms with Crippen LogP contribution in [0.25, 0.3) is 0 Å². The minimum atomic E-state index is -1.51. The van der Waals surface area contributed by atoms with Gasteiger partial charge < -0.3 is 43.4 Å². The third-order valence-corrected chi connectivity index (χ3v) is 4.05. The third-order valence-electron chi connectivity index (χ3n) is 3.68. The van der Waals surface area contributed by atoms with E-state index in [-0.39, 0.29) is 18.6 Å². The number of primary amides is 2. The van der Waals surface area contributed by atoms with Gasteiger partial charge in [-0.1, -0.05) is 0 Å². The molecule has 0 bridgehead atoms. The van der Waals surface area contributed by atoms with Gasteiger partial charge in [0, 0.05) is 12.2 Å². The lowest BCUT2D eigenvalue weighted by Crippen LogP contribution is -2.58. The van der Waals surface area contributed by atoms with Crippen LogP contribution in [-0.2, 0) is 28.8 Å². The van der Waals surface area contributed by atoms with Crippen LogP contribution in [0.5, 0.6) is 0 Å². The number of hydrogen-bond donors (Lipinski definition) is 9. The van der Waals surface area contributed by atoms with E-state index in [0.717, 1.165) is 0 Å². The fraction of sp³-hybridized carbons (Fsp3) is 0.600. The Labute approximate surface area is 176 Å². The number of nitrogens with one attached hydrogen (secondary N) is 3. The summed E-state index contributed by atoms with van der Waals surface area (Å²) in [6, 6.07) is -5.67. The van der Waals surface area contributed by atoms with Gasteiger partial charge >= 0.3 is 5.97 Å². The predicted octanol–water partition coefficient (Wildman–Crippen LogP) is -5.08. The predicted molar refractivity (Wildman–Crippen MR) is 105 cm³/mol. The zero-order chi connectivity index (χ0) is 23.4. The summed E-state index contributed by atoms with van der Waals surface area (Å²) in [6.07, 6.45) is -1.21. The molecule has 0 spiro atoms. The van der Waals surface area contributed by atoms with Crippen molar-refractivity contribution in [3.8, 4) is 0 Å². The molecule has 0 aromatic rings. The Kier molecular flexibility index (Phi) is 12.0. The molecular weight excluding hydrogens is 424 g/mol. The molecule has 0 aliphatic heterocycles. The number of aliphatic hydroxyl groups is 1. The summed E-state index contributed by atoms with van der Waals surface area (Å²) in [4.78, 5) is 69.7. The van der Waals surface area contributed by atoms with Gasteiger partial charge in [-0.15, -0.1) is 0 Å². The van der Waals surface area contributed by atoms with E-state index < -0.39 is 72.7 Å². The smallest absolute Gasteiger partial charge is 0.326 e. The van der Waals surface area contributed by atoms with Crippen molar-refractivity contribution < 1.29 is 39.0 Å². The number of aliphatic hydroxyl groups excluding tert-OH is 1. The summed E-state index contributed by atoms with van der Waals surface area (Å²) in [6.45, 7) is -0.722. The molecule has 0 aliphatic carbocycles. The van der Waals surface area contributed by atoms with Gasteiger partial charge in [-0.3, -0.25) is 24.0 Å². The molecule has 5 amide bonds. The van der Waals surface area contributed by atoms with Crippen molar-refractivity contribution in [2.45, 2.75) is 43.4 Å². The second kappa shape index (κ2) is 13.3. The van der Waals surface area contributed by atoms with Crippen LogP contribution < -0.4 is 33.2 Å². The number of carbonyl (C=O) groups excluding carboxylic acids is 5. The van der Waals surface area contributed by atoms with Gasteiger partial charge in [0.05, 0.1) is 13.0 Å². The molecule has 0 saturated carbocycles. The van der Waals surface area contributed by atoms with Crippen LogP contribution in [0.3, 0.4) is 0 Å². The van der Waals surface area contributed by atoms with Gasteiger partial charge in [0.15, 0.2) is 0 Å². The highest BCUT2D eigenvalue weighted by molar-refractivity contribution is 7.80. The number of carbonyl (C=O) groups is 6. The van der Waals surface area contributed by atoms with E-state index in [2.05, 4.69) is 28.6 Å². The molecule has 15 heteroatoms. The van der Waals surface area contributed by atoms with Crippen molar-refractivity contribution in [2.75, 3.05) is 12.4 Å². The molecule has 4 unspecified atom stereocenters. The zero-order valence-corrected chi connectivity index (χ0v) is 16.8. The number of carboxylic acids is 1. The highest BCUT2D eigenvalue weighted by Gasteiger charge is 2.30. The zero-order valence-electron chi connectivity index (χ0n) is 15.9. The Morgan fingerprint density at radius 3 is 1.77 bits per heavy atom. The lowest BCUT2D eigenvalue weighted by Gasteiger charge is -2.23. The van der Waals surface area contributed by atoms with E-state index in [0.29, 0.717) is 0 Å². The number of rotatable bonds is 14. The van der Waals surface area contributed by atoms with Crippen LogP contribution in [-0.4, -0.2) is 82.2 Å². The summed E-state index contributed by atoms with van der Waals surface area (Å²) in [7, 11) is 0. The molecule has 4 atom stereocenters. The summed E-state index contributed by atoms with van der Waals surface area (Å²) in [5.74, 6) is -6.28. The summed E-state index contributed by atoms with van der Waals surface area (Å²) >= 11 is 3.92. The molecule has 0 heterocycles. The Bertz CT molecular complexity index is 676. The Morgan fingerprint density at radius 2 is 1.33 bits per heavy atom. The van der Waals surface area contributed by atoms with E-state index in [9.17, 15) is 28.8 Å². The van der Waals surface area contributed by atoms with Crippen molar-refractivity contribution >= 4 is 48.1 Å². The third kappa shape index (κ3) is 10.0. The Hall–Kier alpha value is -2.91. The van der Waals surface area contributed by atoms with Crippen molar-refractivity contribution in [3.63, 3.8) is 0 Å². The fourth-order valence-electron chi connectivity index (χ4n) is 2.05. The van der Waals surface area contributed by atoms with Gasteiger partial charge in [0.25, 0.3) is 0 Å². The van der Waals surface area contributed by atoms with Gasteiger partial charge in [-0.25, -0.2) is 4.79 Å². The topological polar surface area (TPSA) is 257 Å². The van der Waals surface area contributed by atoms with Gasteiger partial charge in [0.1, 0.15) is 24.2 Å². The SMILES string of the molecule is NC(=O)CCC(NC(=O)C(CS)NC(=O)C(CC(N)=O)NC(=O)C(N)CO)C(=O)O. The molecule has 0 aromatic carbocycles. The molecule has 170 valence electrons. The first-order valence-electron chi connectivity index (χ1n) is 8.60. The van der Waals surface area contributed by atoms with Crippen molar-refractivity contribution in [1.82, 2.24) is 16.0 Å². The molecule has 0 aromatic heterocycles. The second-order valence-electron chi connectivity index (χ2n) is 6.17. The average molecular weight is 450 g/mol. The van der Waals surface area contributed by atoms with E-state index >= 15 is 0 Å². The fourth-order valence-corrected chi connectivity index (χ4v) is 2.31. The maximum atomic E-state index is 12.4. The number of aliphatic carboxylic acids is 1. The van der Waals surface area contributed by atoms with Crippen molar-refractivity contribution in [2.24, 2.45) is 17.2 Å². The summed E-state index contributed by atoms with van der Waals surface area (Å²) in [5, 5.41) is 24.5. The Balaban J connectivity index is 5.20. The van der Waals surface area contributed by atoms with Crippen molar-refractivity contribution in [3.05, 3.63) is 0 Å². The molecule has 0 saturated heterocycles. The maximum Gasteiger partial charge on any atom is 0.326 e. The minimum Gasteiger partial charge on any atom is -0.480 e. The maximum absolute atomic E-state index is 12.4. The van der Waals surface area contributed by atoms with Gasteiger partial charge in [-0.05, 0) is 6.42 Å². The minimum absolute atomic E-state index is 0.271. The van der Waals surface area contributed by atoms with Gasteiger partial charge in [-0.2, -0.15) is 12.6 Å². The highest BCUT2D eigenvalue weighted by Crippen LogP contribution is 2.01. The molecule has 30 heavy (non-hydrogen) atoms. The largest absolute Gasteiger partial charge is 0.480 e. The highest BCUT2D eigenvalue weighted by atomic mass is 32.1. The molecule has 14 nitrogen and oxygen atoms in total. The quantitative estimate of drug-likeness (QED) is 0.114. The molecule has 11 N–H and O–H groups in total. The molecule has 0 radical (unpaired) electrons. The Morgan fingerprint density at radius 1 is 0.833 bits per heavy atom. The standard InChI is InChI=1S/C15H26N6O8S/c16-6(4-22)12(25)20-8(3-11(18)24)13(26)21-9(5-30)14(27)19-7(15(28)29)1-2-10(17)23/h6-9,22,30H,1-5,16H2,(H2,17,23)(H2,18,24)(H,19,27)(H,20,25)(H,21,26)(H,28,29). The van der Waals surface area contributed by atoms with E-state index in [1.54, 1.807) is 0 Å². The monoisotopic (exact) mass is 450 g/mol. The van der Waals surface area contributed by atoms with Crippen LogP contribution in [0.1, 0.15) is 19.3 Å². The van der Waals surface area contributed by atoms with Crippen LogP contribution >= 0.6 is 12.6 Å². The molecular formula is C15H26N6O8S. The molecule has 0 fully saturated rings. The number of hydrogen-bond acceptors (Lipinski definition) is 9. The van der Waals surface area contributed by atoms with Crippen molar-refractivity contribution in [1.29, 1.82) is 0 Å². The van der Waals surface area contributed by atoms with E-state index in [1.807, 2.05) is 0 Å². The number of nitrogens with two attached hydrogens (primary N) is 3. The van der Waals surface area contributed by atoms with E-state index in [1.165, 1.54) is 0 Å². The molecule has 0 aliphatic rings. The van der Waals surface area contributed by atoms with Crippen LogP contribution in [0.15, 0.2) is 0 Å². The summed E-state index contributed by atoms with van der Waals surface area (Å²) in [5.41, 5.74) is 15.3. The van der Waals surface area contributed by atoms with Crippen LogP contribution in [0.2, 0.25) is 0 Å². The molecule has 0 rings (SSSR count). The first kappa shape index (κ1) is 27.1. The lowest BCUT2D eigenvalue weighted by molar-refractivity contribution is -0.142. The van der Waals surface area contributed by atoms with Crippen LogP contribution in [0.4, 0.5) is 0 Å². The number of amides is 5. The summed E-state index contributed by atoms with van der Waals surface area (Å²) < 4.78 is 0. The lowest BCUT2D eigenvalue weighted by atomic mass is 10.1. The average Bonchev–Trinajstić information content (AvgIpc) is 2.66. The normalized spacial score (nSPS) is 14.5.